The van der Waals surface area contributed by atoms with Crippen molar-refractivity contribution < 1.29 is 4.21 Å². The van der Waals surface area contributed by atoms with Gasteiger partial charge in [-0.25, -0.2) is 4.98 Å². The molecule has 1 aromatic rings. The summed E-state index contributed by atoms with van der Waals surface area (Å²) >= 11 is 0. The number of nitrogens with zero attached hydrogens (tertiary/aromatic N) is 2. The van der Waals surface area contributed by atoms with E-state index in [0.717, 1.165) is 30.3 Å². The Morgan fingerprint density at radius 2 is 2.19 bits per heavy atom. The highest BCUT2D eigenvalue weighted by Gasteiger charge is 2.19. The Morgan fingerprint density at radius 1 is 1.50 bits per heavy atom. The molecule has 90 valence electrons. The Balaban J connectivity index is 1.98. The van der Waals surface area contributed by atoms with Crippen LogP contribution >= 0.6 is 0 Å². The van der Waals surface area contributed by atoms with Crippen LogP contribution in [0.4, 0.5) is 5.95 Å². The molecule has 0 bridgehead atoms. The highest BCUT2D eigenvalue weighted by molar-refractivity contribution is 7.85. The molecule has 0 unspecified atom stereocenters. The summed E-state index contributed by atoms with van der Waals surface area (Å²) in [5.41, 5.74) is 0. The topological polar surface area (TPSA) is 46.9 Å². The molecule has 1 aromatic heterocycles. The van der Waals surface area contributed by atoms with Gasteiger partial charge in [-0.05, 0) is 26.7 Å². The molecule has 0 aromatic carbocycles. The number of imidazole rings is 1. The van der Waals surface area contributed by atoms with Crippen LogP contribution in [0, 0.1) is 0 Å². The van der Waals surface area contributed by atoms with Crippen molar-refractivity contribution in [1.29, 1.82) is 0 Å². The van der Waals surface area contributed by atoms with Gasteiger partial charge < -0.3 is 9.88 Å². The third-order valence-corrected chi connectivity index (χ3v) is 4.33. The smallest absolute Gasteiger partial charge is 0.203 e. The number of nitrogens with one attached hydrogen (secondary N) is 1. The standard InChI is InChI=1S/C11H19N3OS/c1-9(2)14-6-5-12-11(14)13-10-3-7-16(15)8-4-10/h5-6,9-10H,3-4,7-8H2,1-2H3,(H,12,13). The summed E-state index contributed by atoms with van der Waals surface area (Å²) in [4.78, 5) is 4.33. The van der Waals surface area contributed by atoms with Gasteiger partial charge in [0.15, 0.2) is 0 Å². The molecule has 5 heteroatoms. The number of anilines is 1. The van der Waals surface area contributed by atoms with Crippen molar-refractivity contribution in [2.45, 2.75) is 38.8 Å². The van der Waals surface area contributed by atoms with Gasteiger partial charge in [0.2, 0.25) is 5.95 Å². The first kappa shape index (κ1) is 11.6. The van der Waals surface area contributed by atoms with E-state index in [-0.39, 0.29) is 0 Å². The summed E-state index contributed by atoms with van der Waals surface area (Å²) in [6.45, 7) is 4.28. The maximum Gasteiger partial charge on any atom is 0.203 e. The molecule has 4 nitrogen and oxygen atoms in total. The lowest BCUT2D eigenvalue weighted by Gasteiger charge is -2.24. The average Bonchev–Trinajstić information content (AvgIpc) is 2.69. The summed E-state index contributed by atoms with van der Waals surface area (Å²) in [5.74, 6) is 2.58. The van der Waals surface area contributed by atoms with E-state index in [4.69, 9.17) is 0 Å². The van der Waals surface area contributed by atoms with Gasteiger partial charge in [0, 0.05) is 46.8 Å². The molecular weight excluding hydrogens is 222 g/mol. The normalized spacial score (nSPS) is 25.9. The number of hydrogen-bond acceptors (Lipinski definition) is 3. The van der Waals surface area contributed by atoms with E-state index < -0.39 is 10.8 Å². The molecule has 0 amide bonds. The molecule has 0 saturated carbocycles. The van der Waals surface area contributed by atoms with Crippen molar-refractivity contribution in [2.75, 3.05) is 16.8 Å². The molecule has 2 heterocycles. The van der Waals surface area contributed by atoms with Gasteiger partial charge in [0.05, 0.1) is 0 Å². The van der Waals surface area contributed by atoms with Gasteiger partial charge in [-0.2, -0.15) is 0 Å². The quantitative estimate of drug-likeness (QED) is 0.877. The van der Waals surface area contributed by atoms with E-state index in [1.165, 1.54) is 0 Å². The van der Waals surface area contributed by atoms with E-state index in [1.54, 1.807) is 0 Å². The Hall–Kier alpha value is -0.840. The van der Waals surface area contributed by atoms with E-state index in [9.17, 15) is 4.21 Å². The van der Waals surface area contributed by atoms with Crippen LogP contribution in [0.2, 0.25) is 0 Å². The second kappa shape index (κ2) is 4.99. The first-order chi connectivity index (χ1) is 7.66. The Bertz CT molecular complexity index is 365. The van der Waals surface area contributed by atoms with Gasteiger partial charge in [-0.3, -0.25) is 4.21 Å². The first-order valence-electron chi connectivity index (χ1n) is 5.81. The van der Waals surface area contributed by atoms with Gasteiger partial charge in [0.1, 0.15) is 0 Å². The zero-order chi connectivity index (χ0) is 11.5. The van der Waals surface area contributed by atoms with Crippen molar-refractivity contribution in [3.8, 4) is 0 Å². The second-order valence-corrected chi connectivity index (χ2v) is 6.21. The predicted molar refractivity (Wildman–Crippen MR) is 67.1 cm³/mol. The summed E-state index contributed by atoms with van der Waals surface area (Å²) in [5, 5.41) is 3.45. The summed E-state index contributed by atoms with van der Waals surface area (Å²) in [6.07, 6.45) is 5.78. The Kier molecular flexibility index (Phi) is 3.63. The summed E-state index contributed by atoms with van der Waals surface area (Å²) in [7, 11) is -0.591. The lowest BCUT2D eigenvalue weighted by atomic mass is 10.2. The summed E-state index contributed by atoms with van der Waals surface area (Å²) < 4.78 is 13.4. The van der Waals surface area contributed by atoms with E-state index in [2.05, 4.69) is 28.7 Å². The van der Waals surface area contributed by atoms with Gasteiger partial charge in [0.25, 0.3) is 0 Å². The van der Waals surface area contributed by atoms with Crippen molar-refractivity contribution in [3.05, 3.63) is 12.4 Å². The van der Waals surface area contributed by atoms with E-state index in [0.29, 0.717) is 12.1 Å². The fraction of sp³-hybridized carbons (Fsp3) is 0.727. The van der Waals surface area contributed by atoms with E-state index in [1.807, 2.05) is 12.4 Å². The minimum Gasteiger partial charge on any atom is -0.353 e. The predicted octanol–water partition coefficient (Wildman–Crippen LogP) is 1.79. The molecule has 0 atom stereocenters. The molecule has 1 fully saturated rings. The minimum atomic E-state index is -0.591. The first-order valence-corrected chi connectivity index (χ1v) is 7.30. The third-order valence-electron chi connectivity index (χ3n) is 2.95. The molecular formula is C11H19N3OS. The van der Waals surface area contributed by atoms with Crippen molar-refractivity contribution in [3.63, 3.8) is 0 Å². The Labute approximate surface area is 98.9 Å². The molecule has 0 radical (unpaired) electrons. The monoisotopic (exact) mass is 241 g/mol. The van der Waals surface area contributed by atoms with Crippen molar-refractivity contribution >= 4 is 16.7 Å². The molecule has 1 N–H and O–H groups in total. The summed E-state index contributed by atoms with van der Waals surface area (Å²) in [6, 6.07) is 0.848. The van der Waals surface area contributed by atoms with Crippen LogP contribution in [0.25, 0.3) is 0 Å². The SMILES string of the molecule is CC(C)n1ccnc1NC1CCS(=O)CC1. The fourth-order valence-corrected chi connectivity index (χ4v) is 3.26. The Morgan fingerprint density at radius 3 is 2.81 bits per heavy atom. The molecule has 2 rings (SSSR count). The number of aromatic nitrogens is 2. The van der Waals surface area contributed by atoms with Crippen molar-refractivity contribution in [2.24, 2.45) is 0 Å². The average molecular weight is 241 g/mol. The fourth-order valence-electron chi connectivity index (χ4n) is 1.96. The highest BCUT2D eigenvalue weighted by Crippen LogP contribution is 2.17. The van der Waals surface area contributed by atoms with Gasteiger partial charge in [-0.1, -0.05) is 0 Å². The third kappa shape index (κ3) is 2.64. The van der Waals surface area contributed by atoms with Crippen LogP contribution in [0.3, 0.4) is 0 Å². The second-order valence-electron chi connectivity index (χ2n) is 4.52. The van der Waals surface area contributed by atoms with Crippen LogP contribution in [0.1, 0.15) is 32.7 Å². The van der Waals surface area contributed by atoms with Crippen LogP contribution in [-0.4, -0.2) is 31.3 Å². The highest BCUT2D eigenvalue weighted by atomic mass is 32.2. The van der Waals surface area contributed by atoms with Crippen LogP contribution in [0.5, 0.6) is 0 Å². The number of rotatable bonds is 3. The largest absolute Gasteiger partial charge is 0.353 e. The van der Waals surface area contributed by atoms with Gasteiger partial charge >= 0.3 is 0 Å². The molecule has 0 aliphatic carbocycles. The zero-order valence-electron chi connectivity index (χ0n) is 9.85. The van der Waals surface area contributed by atoms with E-state index >= 15 is 0 Å². The molecule has 0 spiro atoms. The van der Waals surface area contributed by atoms with Gasteiger partial charge in [-0.15, -0.1) is 0 Å². The maximum atomic E-state index is 11.2. The zero-order valence-corrected chi connectivity index (χ0v) is 10.7. The minimum absolute atomic E-state index is 0.419. The number of hydrogen-bond donors (Lipinski definition) is 1. The molecule has 1 aliphatic heterocycles. The maximum absolute atomic E-state index is 11.2. The van der Waals surface area contributed by atoms with Crippen molar-refractivity contribution in [1.82, 2.24) is 9.55 Å². The molecule has 1 aliphatic rings. The molecule has 1 saturated heterocycles. The van der Waals surface area contributed by atoms with Crippen LogP contribution in [-0.2, 0) is 10.8 Å². The lowest BCUT2D eigenvalue weighted by Crippen LogP contribution is -2.30. The van der Waals surface area contributed by atoms with Crippen LogP contribution in [0.15, 0.2) is 12.4 Å². The lowest BCUT2D eigenvalue weighted by molar-refractivity contribution is 0.581. The molecule has 16 heavy (non-hydrogen) atoms. The van der Waals surface area contributed by atoms with Crippen LogP contribution < -0.4 is 5.32 Å².